The summed E-state index contributed by atoms with van der Waals surface area (Å²) in [4.78, 5) is 2.39. The van der Waals surface area contributed by atoms with Crippen LogP contribution < -0.4 is 4.90 Å². The van der Waals surface area contributed by atoms with Crippen molar-refractivity contribution in [3.05, 3.63) is 176 Å². The van der Waals surface area contributed by atoms with Gasteiger partial charge in [0.15, 0.2) is 5.58 Å². The van der Waals surface area contributed by atoms with E-state index in [-0.39, 0.29) is 0 Å². The van der Waals surface area contributed by atoms with Crippen molar-refractivity contribution in [1.82, 2.24) is 8.80 Å². The van der Waals surface area contributed by atoms with Gasteiger partial charge in [0, 0.05) is 43.6 Å². The minimum Gasteiger partial charge on any atom is -0.454 e. The van der Waals surface area contributed by atoms with Crippen LogP contribution in [-0.2, 0) is 0 Å². The molecule has 0 bridgehead atoms. The molecule has 12 rings (SSSR count). The largest absolute Gasteiger partial charge is 0.454 e. The number of furan rings is 1. The van der Waals surface area contributed by atoms with Gasteiger partial charge in [-0.15, -0.1) is 0 Å². The summed E-state index contributed by atoms with van der Waals surface area (Å²) < 4.78 is 11.7. The zero-order valence-electron chi connectivity index (χ0n) is 28.0. The van der Waals surface area contributed by atoms with Crippen molar-refractivity contribution < 1.29 is 4.42 Å². The van der Waals surface area contributed by atoms with Crippen molar-refractivity contribution in [2.24, 2.45) is 0 Å². The van der Waals surface area contributed by atoms with Gasteiger partial charge in [-0.2, -0.15) is 0 Å². The van der Waals surface area contributed by atoms with Crippen molar-refractivity contribution in [2.45, 2.75) is 0 Å². The SMILES string of the molecule is c1ccc(-c2ccccc2N(c2ccc3c(c2)n2c4ccccc4c4ccc5c6ccccc6n3c5c42)c2cccc3c2oc2ccccc23)cc1. The van der Waals surface area contributed by atoms with Crippen LogP contribution in [0.5, 0.6) is 0 Å². The van der Waals surface area contributed by atoms with E-state index in [1.54, 1.807) is 0 Å². The fraction of sp³-hybridized carbons (Fsp3) is 0. The lowest BCUT2D eigenvalue weighted by molar-refractivity contribution is 0.669. The van der Waals surface area contributed by atoms with Gasteiger partial charge < -0.3 is 18.1 Å². The van der Waals surface area contributed by atoms with Crippen LogP contribution >= 0.6 is 0 Å². The second-order valence-corrected chi connectivity index (χ2v) is 13.7. The van der Waals surface area contributed by atoms with Gasteiger partial charge in [0.2, 0.25) is 0 Å². The first-order chi connectivity index (χ1) is 25.8. The molecule has 0 N–H and O–H groups in total. The van der Waals surface area contributed by atoms with Gasteiger partial charge in [-0.3, -0.25) is 0 Å². The van der Waals surface area contributed by atoms with Crippen LogP contribution in [0.25, 0.3) is 87.7 Å². The molecule has 0 aliphatic heterocycles. The molecule has 12 aromatic rings. The Morgan fingerprint density at radius 2 is 0.981 bits per heavy atom. The standard InChI is InChI=1S/C48H29N3O/c1-2-13-30(14-3-1)32-15-4-8-20-39(32)49(43-23-12-19-38-35-18-7-11-24-45(35)52-48(38)43)31-25-28-42-44(29-31)51-41-22-10-6-17-34(41)37-27-26-36-33-16-5-9-21-40(33)50(42)46(36)47(37)51/h1-29H. The molecule has 0 spiro atoms. The Labute approximate surface area is 297 Å². The molecule has 52 heavy (non-hydrogen) atoms. The highest BCUT2D eigenvalue weighted by atomic mass is 16.3. The molecule has 4 nitrogen and oxygen atoms in total. The maximum absolute atomic E-state index is 6.73. The Kier molecular flexibility index (Phi) is 5.47. The number of rotatable bonds is 4. The zero-order chi connectivity index (χ0) is 33.9. The summed E-state index contributed by atoms with van der Waals surface area (Å²) >= 11 is 0. The number of hydrogen-bond acceptors (Lipinski definition) is 2. The highest BCUT2D eigenvalue weighted by molar-refractivity contribution is 6.25. The van der Waals surface area contributed by atoms with E-state index in [0.717, 1.165) is 61.2 Å². The number of aromatic nitrogens is 2. The van der Waals surface area contributed by atoms with Crippen LogP contribution in [0.3, 0.4) is 0 Å². The molecule has 8 aromatic carbocycles. The van der Waals surface area contributed by atoms with Crippen LogP contribution in [0.2, 0.25) is 0 Å². The van der Waals surface area contributed by atoms with E-state index in [0.29, 0.717) is 0 Å². The summed E-state index contributed by atoms with van der Waals surface area (Å²) in [6, 6.07) is 63.4. The minimum atomic E-state index is 0.863. The van der Waals surface area contributed by atoms with Crippen LogP contribution in [0.1, 0.15) is 0 Å². The van der Waals surface area contributed by atoms with Crippen LogP contribution in [0, 0.1) is 0 Å². The maximum atomic E-state index is 6.73. The average Bonchev–Trinajstić information content (AvgIpc) is 3.87. The molecule has 0 aliphatic carbocycles. The van der Waals surface area contributed by atoms with Crippen LogP contribution in [-0.4, -0.2) is 8.80 Å². The van der Waals surface area contributed by atoms with Crippen LogP contribution in [0.15, 0.2) is 180 Å². The lowest BCUT2D eigenvalue weighted by atomic mass is 10.0. The summed E-state index contributed by atoms with van der Waals surface area (Å²) in [6.07, 6.45) is 0. The molecule has 242 valence electrons. The van der Waals surface area contributed by atoms with Gasteiger partial charge in [-0.1, -0.05) is 127 Å². The molecular weight excluding hydrogens is 635 g/mol. The molecule has 0 fully saturated rings. The molecule has 0 atom stereocenters. The second kappa shape index (κ2) is 10.3. The van der Waals surface area contributed by atoms with Crippen molar-refractivity contribution in [2.75, 3.05) is 4.90 Å². The van der Waals surface area contributed by atoms with Crippen LogP contribution in [0.4, 0.5) is 17.1 Å². The fourth-order valence-electron chi connectivity index (χ4n) is 8.87. The molecule has 4 aromatic heterocycles. The monoisotopic (exact) mass is 663 g/mol. The highest BCUT2D eigenvalue weighted by Gasteiger charge is 2.25. The number of nitrogens with zero attached hydrogens (tertiary/aromatic N) is 3. The third-order valence-electron chi connectivity index (χ3n) is 11.0. The molecule has 0 unspecified atom stereocenters. The Bertz CT molecular complexity index is 3360. The molecule has 0 saturated heterocycles. The normalized spacial score (nSPS) is 12.2. The average molecular weight is 664 g/mol. The Balaban J connectivity index is 1.25. The summed E-state index contributed by atoms with van der Waals surface area (Å²) in [5.41, 5.74) is 14.4. The molecule has 0 radical (unpaired) electrons. The maximum Gasteiger partial charge on any atom is 0.159 e. The molecule has 4 heteroatoms. The topological polar surface area (TPSA) is 25.2 Å². The van der Waals surface area contributed by atoms with Crippen molar-refractivity contribution in [1.29, 1.82) is 0 Å². The number of fused-ring (bicyclic) bond motifs is 12. The summed E-state index contributed by atoms with van der Waals surface area (Å²) in [7, 11) is 0. The van der Waals surface area contributed by atoms with Gasteiger partial charge >= 0.3 is 0 Å². The smallest absolute Gasteiger partial charge is 0.159 e. The van der Waals surface area contributed by atoms with E-state index in [1.165, 1.54) is 43.6 Å². The van der Waals surface area contributed by atoms with Gasteiger partial charge in [-0.25, -0.2) is 0 Å². The van der Waals surface area contributed by atoms with E-state index < -0.39 is 0 Å². The van der Waals surface area contributed by atoms with Gasteiger partial charge in [0.05, 0.1) is 44.5 Å². The Hall–Kier alpha value is -7.04. The number of benzene rings is 8. The molecular formula is C48H29N3O. The number of hydrogen-bond donors (Lipinski definition) is 0. The van der Waals surface area contributed by atoms with Crippen molar-refractivity contribution >= 4 is 93.6 Å². The Morgan fingerprint density at radius 3 is 1.75 bits per heavy atom. The van der Waals surface area contributed by atoms with Gasteiger partial charge in [-0.05, 0) is 54.1 Å². The zero-order valence-corrected chi connectivity index (χ0v) is 28.0. The van der Waals surface area contributed by atoms with E-state index in [1.807, 2.05) is 6.07 Å². The molecule has 0 aliphatic rings. The summed E-state index contributed by atoms with van der Waals surface area (Å²) in [5.74, 6) is 0. The predicted octanol–water partition coefficient (Wildman–Crippen LogP) is 13.3. The minimum absolute atomic E-state index is 0.863. The lowest BCUT2D eigenvalue weighted by Crippen LogP contribution is -2.12. The Morgan fingerprint density at radius 1 is 0.385 bits per heavy atom. The molecule has 0 amide bonds. The quantitative estimate of drug-likeness (QED) is 0.175. The summed E-state index contributed by atoms with van der Waals surface area (Å²) in [5, 5.41) is 7.28. The van der Waals surface area contributed by atoms with E-state index in [2.05, 4.69) is 184 Å². The number of anilines is 3. The first-order valence-corrected chi connectivity index (χ1v) is 17.8. The van der Waals surface area contributed by atoms with Crippen molar-refractivity contribution in [3.63, 3.8) is 0 Å². The van der Waals surface area contributed by atoms with Gasteiger partial charge in [0.1, 0.15) is 5.58 Å². The van der Waals surface area contributed by atoms with E-state index >= 15 is 0 Å². The second-order valence-electron chi connectivity index (χ2n) is 13.7. The summed E-state index contributed by atoms with van der Waals surface area (Å²) in [6.45, 7) is 0. The highest BCUT2D eigenvalue weighted by Crippen LogP contribution is 2.47. The third-order valence-corrected chi connectivity index (χ3v) is 11.0. The van der Waals surface area contributed by atoms with Crippen molar-refractivity contribution in [3.8, 4) is 11.1 Å². The lowest BCUT2D eigenvalue weighted by Gasteiger charge is -2.28. The van der Waals surface area contributed by atoms with Gasteiger partial charge in [0.25, 0.3) is 0 Å². The first kappa shape index (κ1) is 27.7. The number of para-hydroxylation sites is 5. The predicted molar refractivity (Wildman–Crippen MR) is 217 cm³/mol. The first-order valence-electron chi connectivity index (χ1n) is 17.8. The van der Waals surface area contributed by atoms with E-state index in [4.69, 9.17) is 4.42 Å². The molecule has 0 saturated carbocycles. The third kappa shape index (κ3) is 3.60. The van der Waals surface area contributed by atoms with E-state index in [9.17, 15) is 0 Å². The fourth-order valence-corrected chi connectivity index (χ4v) is 8.87. The molecule has 4 heterocycles.